The Kier molecular flexibility index (Phi) is 4.69. The van der Waals surface area contributed by atoms with Gasteiger partial charge in [0.25, 0.3) is 11.6 Å². The third-order valence-corrected chi connectivity index (χ3v) is 5.84. The molecule has 0 unspecified atom stereocenters. The Morgan fingerprint density at radius 2 is 1.93 bits per heavy atom. The summed E-state index contributed by atoms with van der Waals surface area (Å²) < 4.78 is 5.39. The van der Waals surface area contributed by atoms with Gasteiger partial charge in [-0.25, -0.2) is 4.98 Å². The van der Waals surface area contributed by atoms with E-state index in [4.69, 9.17) is 4.52 Å². The fraction of sp³-hybridized carbons (Fsp3) is 0.435. The largest absolute Gasteiger partial charge is 0.336 e. The summed E-state index contributed by atoms with van der Waals surface area (Å²) in [5.74, 6) is 0.616. The molecule has 0 bridgehead atoms. The van der Waals surface area contributed by atoms with Crippen LogP contribution in [0, 0.1) is 13.8 Å². The van der Waals surface area contributed by atoms with Crippen LogP contribution in [0.1, 0.15) is 71.9 Å². The third-order valence-electron chi connectivity index (χ3n) is 5.84. The maximum Gasteiger partial charge on any atom is 0.259 e. The van der Waals surface area contributed by atoms with E-state index >= 15 is 0 Å². The third kappa shape index (κ3) is 3.19. The van der Waals surface area contributed by atoms with E-state index < -0.39 is 0 Å². The van der Waals surface area contributed by atoms with E-state index in [1.54, 1.807) is 0 Å². The molecule has 5 heteroatoms. The number of amides is 1. The van der Waals surface area contributed by atoms with Crippen LogP contribution in [-0.4, -0.2) is 33.5 Å². The summed E-state index contributed by atoms with van der Waals surface area (Å²) in [6.07, 6.45) is 0.975. The fourth-order valence-electron chi connectivity index (χ4n) is 4.13. The predicted octanol–water partition coefficient (Wildman–Crippen LogP) is 4.98. The van der Waals surface area contributed by atoms with E-state index in [1.165, 1.54) is 11.1 Å². The highest BCUT2D eigenvalue weighted by atomic mass is 16.5. The SMILES string of the molecule is Cc1ccc([C@H]2C[C@H](C)N(C(=O)c3cc(C(C)C)nc4onc(C)c34)C2)cc1. The molecular formula is C23H27N3O2. The molecule has 2 atom stereocenters. The van der Waals surface area contributed by atoms with E-state index in [2.05, 4.69) is 62.1 Å². The summed E-state index contributed by atoms with van der Waals surface area (Å²) in [4.78, 5) is 20.1. The molecule has 0 saturated carbocycles. The molecule has 28 heavy (non-hydrogen) atoms. The minimum Gasteiger partial charge on any atom is -0.336 e. The standard InChI is InChI=1S/C23H27N3O2/c1-13(2)20-11-19(21-16(5)25-28-22(21)24-20)23(27)26-12-18(10-15(26)4)17-8-6-14(3)7-9-17/h6-9,11,13,15,18H,10,12H2,1-5H3/t15-,18-/m0/s1. The Labute approximate surface area is 165 Å². The molecule has 1 aromatic carbocycles. The molecule has 0 aliphatic carbocycles. The molecule has 2 aromatic heterocycles. The minimum atomic E-state index is 0.0442. The first-order chi connectivity index (χ1) is 13.3. The van der Waals surface area contributed by atoms with Crippen molar-refractivity contribution in [1.29, 1.82) is 0 Å². The number of hydrogen-bond acceptors (Lipinski definition) is 4. The Morgan fingerprint density at radius 3 is 2.61 bits per heavy atom. The molecule has 146 valence electrons. The maximum atomic E-state index is 13.6. The van der Waals surface area contributed by atoms with Crippen LogP contribution >= 0.6 is 0 Å². The van der Waals surface area contributed by atoms with Crippen molar-refractivity contribution in [2.45, 2.75) is 58.9 Å². The molecule has 5 nitrogen and oxygen atoms in total. The molecule has 1 fully saturated rings. The Balaban J connectivity index is 1.69. The molecule has 3 aromatic rings. The molecule has 1 saturated heterocycles. The van der Waals surface area contributed by atoms with Crippen LogP contribution in [0.25, 0.3) is 11.1 Å². The first-order valence-electron chi connectivity index (χ1n) is 9.99. The monoisotopic (exact) mass is 377 g/mol. The van der Waals surface area contributed by atoms with E-state index in [0.717, 1.165) is 24.0 Å². The number of pyridine rings is 1. The van der Waals surface area contributed by atoms with E-state index in [0.29, 0.717) is 22.9 Å². The normalized spacial score (nSPS) is 19.7. The fourth-order valence-corrected chi connectivity index (χ4v) is 4.13. The summed E-state index contributed by atoms with van der Waals surface area (Å²) in [6.45, 7) is 11.0. The van der Waals surface area contributed by atoms with Crippen molar-refractivity contribution in [2.24, 2.45) is 0 Å². The van der Waals surface area contributed by atoms with Crippen LogP contribution < -0.4 is 0 Å². The second kappa shape index (κ2) is 7.04. The van der Waals surface area contributed by atoms with Gasteiger partial charge in [0.1, 0.15) is 0 Å². The Hall–Kier alpha value is -2.69. The van der Waals surface area contributed by atoms with Gasteiger partial charge in [-0.3, -0.25) is 4.79 Å². The average molecular weight is 377 g/mol. The molecule has 0 spiro atoms. The average Bonchev–Trinajstić information content (AvgIpc) is 3.24. The zero-order chi connectivity index (χ0) is 20.0. The van der Waals surface area contributed by atoms with E-state index in [1.807, 2.05) is 17.9 Å². The molecule has 1 aliphatic heterocycles. The van der Waals surface area contributed by atoms with Crippen molar-refractivity contribution in [2.75, 3.05) is 6.54 Å². The molecule has 0 radical (unpaired) electrons. The summed E-state index contributed by atoms with van der Waals surface area (Å²) in [5.41, 5.74) is 5.23. The minimum absolute atomic E-state index is 0.0442. The van der Waals surface area contributed by atoms with Crippen molar-refractivity contribution in [3.63, 3.8) is 0 Å². The number of benzene rings is 1. The van der Waals surface area contributed by atoms with Gasteiger partial charge in [-0.15, -0.1) is 0 Å². The number of hydrogen-bond donors (Lipinski definition) is 0. The van der Waals surface area contributed by atoms with Gasteiger partial charge in [-0.05, 0) is 44.7 Å². The van der Waals surface area contributed by atoms with Crippen LogP contribution in [-0.2, 0) is 0 Å². The van der Waals surface area contributed by atoms with Gasteiger partial charge in [-0.2, -0.15) is 0 Å². The zero-order valence-electron chi connectivity index (χ0n) is 17.2. The summed E-state index contributed by atoms with van der Waals surface area (Å²) in [7, 11) is 0. The van der Waals surface area contributed by atoms with Gasteiger partial charge >= 0.3 is 0 Å². The van der Waals surface area contributed by atoms with Crippen molar-refractivity contribution in [3.05, 3.63) is 58.4 Å². The van der Waals surface area contributed by atoms with Crippen LogP contribution in [0.4, 0.5) is 0 Å². The number of nitrogens with zero attached hydrogens (tertiary/aromatic N) is 3. The molecule has 4 rings (SSSR count). The van der Waals surface area contributed by atoms with Crippen molar-refractivity contribution >= 4 is 17.0 Å². The molecular weight excluding hydrogens is 350 g/mol. The van der Waals surface area contributed by atoms with Gasteiger partial charge in [0.2, 0.25) is 0 Å². The van der Waals surface area contributed by atoms with Gasteiger partial charge in [-0.1, -0.05) is 48.8 Å². The number of aryl methyl sites for hydroxylation is 2. The number of likely N-dealkylation sites (tertiary alicyclic amines) is 1. The second-order valence-corrected chi connectivity index (χ2v) is 8.35. The molecule has 3 heterocycles. The number of carbonyl (C=O) groups is 1. The lowest BCUT2D eigenvalue weighted by molar-refractivity contribution is 0.0747. The van der Waals surface area contributed by atoms with E-state index in [9.17, 15) is 4.79 Å². The van der Waals surface area contributed by atoms with Gasteiger partial charge in [0.15, 0.2) is 0 Å². The zero-order valence-corrected chi connectivity index (χ0v) is 17.2. The van der Waals surface area contributed by atoms with Gasteiger partial charge in [0.05, 0.1) is 16.6 Å². The highest BCUT2D eigenvalue weighted by Gasteiger charge is 2.35. The topological polar surface area (TPSA) is 59.2 Å². The maximum absolute atomic E-state index is 13.6. The van der Waals surface area contributed by atoms with Crippen LogP contribution in [0.2, 0.25) is 0 Å². The highest BCUT2D eigenvalue weighted by Crippen LogP contribution is 2.34. The lowest BCUT2D eigenvalue weighted by Crippen LogP contribution is -2.34. The first kappa shape index (κ1) is 18.7. The summed E-state index contributed by atoms with van der Waals surface area (Å²) in [5, 5.41) is 4.78. The molecule has 1 amide bonds. The number of rotatable bonds is 3. The number of carbonyl (C=O) groups excluding carboxylic acids is 1. The highest BCUT2D eigenvalue weighted by molar-refractivity contribution is 6.06. The quantitative estimate of drug-likeness (QED) is 0.646. The van der Waals surface area contributed by atoms with Crippen molar-refractivity contribution in [1.82, 2.24) is 15.0 Å². The summed E-state index contributed by atoms with van der Waals surface area (Å²) in [6, 6.07) is 10.8. The van der Waals surface area contributed by atoms with Crippen molar-refractivity contribution < 1.29 is 9.32 Å². The lowest BCUT2D eigenvalue weighted by Gasteiger charge is -2.22. The molecule has 0 N–H and O–H groups in total. The first-order valence-corrected chi connectivity index (χ1v) is 9.99. The Morgan fingerprint density at radius 1 is 1.21 bits per heavy atom. The Bertz CT molecular complexity index is 1020. The lowest BCUT2D eigenvalue weighted by atomic mass is 9.96. The van der Waals surface area contributed by atoms with Crippen molar-refractivity contribution in [3.8, 4) is 0 Å². The van der Waals surface area contributed by atoms with Gasteiger partial charge < -0.3 is 9.42 Å². The number of fused-ring (bicyclic) bond motifs is 1. The second-order valence-electron chi connectivity index (χ2n) is 8.35. The van der Waals surface area contributed by atoms with Crippen LogP contribution in [0.3, 0.4) is 0 Å². The predicted molar refractivity (Wildman–Crippen MR) is 110 cm³/mol. The van der Waals surface area contributed by atoms with Crippen LogP contribution in [0.15, 0.2) is 34.9 Å². The van der Waals surface area contributed by atoms with E-state index in [-0.39, 0.29) is 17.9 Å². The smallest absolute Gasteiger partial charge is 0.259 e. The summed E-state index contributed by atoms with van der Waals surface area (Å²) >= 11 is 0. The van der Waals surface area contributed by atoms with Crippen LogP contribution in [0.5, 0.6) is 0 Å². The molecule has 1 aliphatic rings. The number of aromatic nitrogens is 2. The van der Waals surface area contributed by atoms with Gasteiger partial charge in [0, 0.05) is 24.2 Å².